The Morgan fingerprint density at radius 1 is 1.17 bits per heavy atom. The minimum atomic E-state index is -0.270. The van der Waals surface area contributed by atoms with Gasteiger partial charge in [0.15, 0.2) is 0 Å². The average Bonchev–Trinajstić information content (AvgIpc) is 2.61. The lowest BCUT2D eigenvalue weighted by Gasteiger charge is -2.29. The van der Waals surface area contributed by atoms with E-state index in [9.17, 15) is 9.59 Å². The van der Waals surface area contributed by atoms with Gasteiger partial charge in [-0.15, -0.1) is 0 Å². The Labute approximate surface area is 110 Å². The third kappa shape index (κ3) is 4.67. The van der Waals surface area contributed by atoms with Gasteiger partial charge in [0.25, 0.3) is 0 Å². The largest absolute Gasteiger partial charge is 0.466 e. The molecule has 0 bridgehead atoms. The summed E-state index contributed by atoms with van der Waals surface area (Å²) >= 11 is 0. The van der Waals surface area contributed by atoms with Crippen molar-refractivity contribution in [1.29, 1.82) is 0 Å². The normalized spacial score (nSPS) is 20.3. The standard InChI is InChI=1S/C14H25NO3/c1-3-12-8-6-5-7-11-15(12)13(16)9-10-14(17)18-4-2/h12H,3-11H2,1-2H3. The van der Waals surface area contributed by atoms with Crippen molar-refractivity contribution in [3.63, 3.8) is 0 Å². The van der Waals surface area contributed by atoms with Crippen LogP contribution in [0.25, 0.3) is 0 Å². The molecule has 4 heteroatoms. The van der Waals surface area contributed by atoms with Gasteiger partial charge < -0.3 is 9.64 Å². The number of nitrogens with zero attached hydrogens (tertiary/aromatic N) is 1. The number of rotatable bonds is 5. The van der Waals surface area contributed by atoms with Gasteiger partial charge in [-0.25, -0.2) is 0 Å². The molecule has 104 valence electrons. The first-order valence-corrected chi connectivity index (χ1v) is 7.14. The summed E-state index contributed by atoms with van der Waals surface area (Å²) in [7, 11) is 0. The molecular weight excluding hydrogens is 230 g/mol. The molecule has 1 unspecified atom stereocenters. The van der Waals surface area contributed by atoms with Crippen LogP contribution in [0.2, 0.25) is 0 Å². The third-order valence-electron chi connectivity index (χ3n) is 3.52. The minimum absolute atomic E-state index is 0.108. The van der Waals surface area contributed by atoms with Gasteiger partial charge in [0.05, 0.1) is 13.0 Å². The number of likely N-dealkylation sites (tertiary alicyclic amines) is 1. The molecule has 1 atom stereocenters. The van der Waals surface area contributed by atoms with E-state index in [2.05, 4.69) is 6.92 Å². The maximum Gasteiger partial charge on any atom is 0.306 e. The van der Waals surface area contributed by atoms with Gasteiger partial charge in [-0.05, 0) is 26.2 Å². The first-order chi connectivity index (χ1) is 8.69. The van der Waals surface area contributed by atoms with E-state index < -0.39 is 0 Å². The molecule has 4 nitrogen and oxygen atoms in total. The van der Waals surface area contributed by atoms with E-state index in [1.54, 1.807) is 6.92 Å². The second-order valence-electron chi connectivity index (χ2n) is 4.80. The van der Waals surface area contributed by atoms with Gasteiger partial charge in [0, 0.05) is 19.0 Å². The molecule has 0 aromatic rings. The molecule has 1 saturated heterocycles. The molecule has 0 aromatic heterocycles. The number of esters is 1. The molecule has 1 aliphatic rings. The summed E-state index contributed by atoms with van der Waals surface area (Å²) in [6.45, 7) is 5.14. The molecular formula is C14H25NO3. The highest BCUT2D eigenvalue weighted by atomic mass is 16.5. The van der Waals surface area contributed by atoms with Crippen LogP contribution in [0.4, 0.5) is 0 Å². The fraction of sp³-hybridized carbons (Fsp3) is 0.857. The predicted molar refractivity (Wildman–Crippen MR) is 70.1 cm³/mol. The first kappa shape index (κ1) is 15.0. The molecule has 0 saturated carbocycles. The molecule has 0 aliphatic carbocycles. The number of ether oxygens (including phenoxy) is 1. The lowest BCUT2D eigenvalue weighted by molar-refractivity contribution is -0.146. The van der Waals surface area contributed by atoms with Crippen LogP contribution in [0.3, 0.4) is 0 Å². The van der Waals surface area contributed by atoms with Gasteiger partial charge in [-0.1, -0.05) is 19.8 Å². The van der Waals surface area contributed by atoms with Crippen molar-refractivity contribution in [2.75, 3.05) is 13.2 Å². The van der Waals surface area contributed by atoms with Crippen LogP contribution < -0.4 is 0 Å². The van der Waals surface area contributed by atoms with Crippen LogP contribution in [0.15, 0.2) is 0 Å². The lowest BCUT2D eigenvalue weighted by Crippen LogP contribution is -2.39. The smallest absolute Gasteiger partial charge is 0.306 e. The quantitative estimate of drug-likeness (QED) is 0.709. The maximum absolute atomic E-state index is 12.1. The Morgan fingerprint density at radius 3 is 2.61 bits per heavy atom. The van der Waals surface area contributed by atoms with Crippen LogP contribution in [-0.2, 0) is 14.3 Å². The zero-order chi connectivity index (χ0) is 13.4. The minimum Gasteiger partial charge on any atom is -0.466 e. The van der Waals surface area contributed by atoms with Gasteiger partial charge in [0.1, 0.15) is 0 Å². The number of carbonyl (C=O) groups excluding carboxylic acids is 2. The van der Waals surface area contributed by atoms with Crippen molar-refractivity contribution in [2.24, 2.45) is 0 Å². The summed E-state index contributed by atoms with van der Waals surface area (Å²) in [4.78, 5) is 25.4. The Bertz CT molecular complexity index is 278. The molecule has 1 rings (SSSR count). The fourth-order valence-electron chi connectivity index (χ4n) is 2.52. The summed E-state index contributed by atoms with van der Waals surface area (Å²) < 4.78 is 4.85. The number of hydrogen-bond acceptors (Lipinski definition) is 3. The van der Waals surface area contributed by atoms with Crippen molar-refractivity contribution in [1.82, 2.24) is 4.90 Å². The van der Waals surface area contributed by atoms with Crippen LogP contribution in [-0.4, -0.2) is 36.0 Å². The van der Waals surface area contributed by atoms with E-state index in [1.165, 1.54) is 12.8 Å². The van der Waals surface area contributed by atoms with E-state index >= 15 is 0 Å². The van der Waals surface area contributed by atoms with Gasteiger partial charge in [-0.3, -0.25) is 9.59 Å². The number of carbonyl (C=O) groups is 2. The van der Waals surface area contributed by atoms with Crippen LogP contribution in [0.1, 0.15) is 58.8 Å². The van der Waals surface area contributed by atoms with E-state index in [4.69, 9.17) is 4.74 Å². The fourth-order valence-corrected chi connectivity index (χ4v) is 2.52. The van der Waals surface area contributed by atoms with Crippen molar-refractivity contribution in [3.8, 4) is 0 Å². The van der Waals surface area contributed by atoms with Crippen molar-refractivity contribution in [3.05, 3.63) is 0 Å². The number of amides is 1. The Balaban J connectivity index is 2.44. The average molecular weight is 255 g/mol. The Morgan fingerprint density at radius 2 is 1.94 bits per heavy atom. The zero-order valence-electron chi connectivity index (χ0n) is 11.6. The maximum atomic E-state index is 12.1. The highest BCUT2D eigenvalue weighted by Crippen LogP contribution is 2.20. The second kappa shape index (κ2) is 8.11. The summed E-state index contributed by atoms with van der Waals surface area (Å²) in [5, 5.41) is 0. The second-order valence-corrected chi connectivity index (χ2v) is 4.80. The van der Waals surface area contributed by atoms with Gasteiger partial charge >= 0.3 is 5.97 Å². The van der Waals surface area contributed by atoms with Crippen LogP contribution in [0, 0.1) is 0 Å². The molecule has 0 radical (unpaired) electrons. The van der Waals surface area contributed by atoms with Crippen molar-refractivity contribution >= 4 is 11.9 Å². The molecule has 1 aliphatic heterocycles. The molecule has 0 aromatic carbocycles. The van der Waals surface area contributed by atoms with E-state index in [1.807, 2.05) is 4.90 Å². The van der Waals surface area contributed by atoms with Crippen molar-refractivity contribution < 1.29 is 14.3 Å². The molecule has 0 spiro atoms. The van der Waals surface area contributed by atoms with Gasteiger partial charge in [0.2, 0.25) is 5.91 Å². The Hall–Kier alpha value is -1.06. The third-order valence-corrected chi connectivity index (χ3v) is 3.52. The first-order valence-electron chi connectivity index (χ1n) is 7.14. The summed E-state index contributed by atoms with van der Waals surface area (Å²) in [6, 6.07) is 0.363. The SMILES string of the molecule is CCOC(=O)CCC(=O)N1CCCCCC1CC. The van der Waals surface area contributed by atoms with Crippen LogP contribution in [0.5, 0.6) is 0 Å². The van der Waals surface area contributed by atoms with E-state index in [0.29, 0.717) is 12.6 Å². The molecule has 18 heavy (non-hydrogen) atoms. The van der Waals surface area contributed by atoms with E-state index in [-0.39, 0.29) is 24.7 Å². The van der Waals surface area contributed by atoms with E-state index in [0.717, 1.165) is 25.8 Å². The van der Waals surface area contributed by atoms with Gasteiger partial charge in [-0.2, -0.15) is 0 Å². The summed E-state index contributed by atoms with van der Waals surface area (Å²) in [5.41, 5.74) is 0. The van der Waals surface area contributed by atoms with Crippen LogP contribution >= 0.6 is 0 Å². The lowest BCUT2D eigenvalue weighted by atomic mass is 10.1. The summed E-state index contributed by atoms with van der Waals surface area (Å²) in [5.74, 6) is -0.162. The topological polar surface area (TPSA) is 46.6 Å². The molecule has 0 N–H and O–H groups in total. The highest BCUT2D eigenvalue weighted by molar-refractivity contribution is 5.81. The zero-order valence-corrected chi connectivity index (χ0v) is 11.6. The molecule has 1 heterocycles. The molecule has 1 amide bonds. The summed E-state index contributed by atoms with van der Waals surface area (Å²) in [6.07, 6.45) is 6.10. The highest BCUT2D eigenvalue weighted by Gasteiger charge is 2.24. The van der Waals surface area contributed by atoms with Crippen molar-refractivity contribution in [2.45, 2.75) is 64.8 Å². The predicted octanol–water partition coefficient (Wildman–Crippen LogP) is 2.51. The number of hydrogen-bond donors (Lipinski definition) is 0. The monoisotopic (exact) mass is 255 g/mol. The Kier molecular flexibility index (Phi) is 6.76. The molecule has 1 fully saturated rings.